The van der Waals surface area contributed by atoms with Gasteiger partial charge in [-0.15, -0.1) is 0 Å². The van der Waals surface area contributed by atoms with Gasteiger partial charge in [0.05, 0.1) is 5.69 Å². The molecular formula is C16H24N2S. The molecule has 0 radical (unpaired) electrons. The summed E-state index contributed by atoms with van der Waals surface area (Å²) in [6.07, 6.45) is 6.44. The molecule has 0 spiro atoms. The van der Waals surface area contributed by atoms with Crippen molar-refractivity contribution >= 4 is 29.4 Å². The summed E-state index contributed by atoms with van der Waals surface area (Å²) in [5.41, 5.74) is 3.16. The van der Waals surface area contributed by atoms with Crippen LogP contribution in [0.25, 0.3) is 5.70 Å². The predicted octanol–water partition coefficient (Wildman–Crippen LogP) is 4.45. The standard InChI is InChI=1S/C16H24N2S/c1-5-17-16-11-7-6-10-15(16)14(2)18(3)12-8-9-13-19-4/h5-7,10-11H,2,8-9,12-13H2,1,3-4H3. The minimum Gasteiger partial charge on any atom is -0.375 e. The molecular weight excluding hydrogens is 252 g/mol. The quantitative estimate of drug-likeness (QED) is 0.515. The molecule has 2 nitrogen and oxygen atoms in total. The Morgan fingerprint density at radius 1 is 1.37 bits per heavy atom. The van der Waals surface area contributed by atoms with Crippen LogP contribution in [-0.2, 0) is 0 Å². The number of thioether (sulfide) groups is 1. The summed E-state index contributed by atoms with van der Waals surface area (Å²) < 4.78 is 0. The molecule has 1 aromatic carbocycles. The lowest BCUT2D eigenvalue weighted by atomic mass is 10.1. The molecule has 0 aliphatic rings. The van der Waals surface area contributed by atoms with Crippen LogP contribution in [0.4, 0.5) is 5.69 Å². The zero-order valence-electron chi connectivity index (χ0n) is 12.2. The minimum atomic E-state index is 0.992. The van der Waals surface area contributed by atoms with Crippen LogP contribution in [0, 0.1) is 0 Å². The molecule has 0 aliphatic carbocycles. The van der Waals surface area contributed by atoms with E-state index in [0.717, 1.165) is 23.5 Å². The molecule has 0 heterocycles. The van der Waals surface area contributed by atoms with Gasteiger partial charge < -0.3 is 4.90 Å². The van der Waals surface area contributed by atoms with E-state index < -0.39 is 0 Å². The summed E-state index contributed by atoms with van der Waals surface area (Å²) in [5, 5.41) is 0. The van der Waals surface area contributed by atoms with E-state index in [-0.39, 0.29) is 0 Å². The molecule has 1 rings (SSSR count). The monoisotopic (exact) mass is 276 g/mol. The van der Waals surface area contributed by atoms with Gasteiger partial charge in [0.15, 0.2) is 0 Å². The van der Waals surface area contributed by atoms with Crippen molar-refractivity contribution < 1.29 is 0 Å². The Morgan fingerprint density at radius 2 is 2.11 bits per heavy atom. The molecule has 1 aromatic rings. The number of rotatable bonds is 8. The molecule has 0 saturated carbocycles. The van der Waals surface area contributed by atoms with Crippen molar-refractivity contribution in [3.8, 4) is 0 Å². The molecule has 104 valence electrons. The minimum absolute atomic E-state index is 0.992. The van der Waals surface area contributed by atoms with E-state index in [1.807, 2.05) is 43.1 Å². The van der Waals surface area contributed by atoms with Crippen LogP contribution in [0.2, 0.25) is 0 Å². The Kier molecular flexibility index (Phi) is 7.34. The van der Waals surface area contributed by atoms with E-state index in [9.17, 15) is 0 Å². The smallest absolute Gasteiger partial charge is 0.0718 e. The number of benzene rings is 1. The van der Waals surface area contributed by atoms with Gasteiger partial charge in [0.2, 0.25) is 0 Å². The van der Waals surface area contributed by atoms with Crippen molar-refractivity contribution in [2.75, 3.05) is 25.6 Å². The first-order valence-corrected chi connectivity index (χ1v) is 8.07. The molecule has 0 aliphatic heterocycles. The fourth-order valence-corrected chi connectivity index (χ4v) is 2.40. The van der Waals surface area contributed by atoms with Crippen LogP contribution in [0.1, 0.15) is 25.3 Å². The fourth-order valence-electron chi connectivity index (χ4n) is 1.91. The van der Waals surface area contributed by atoms with Gasteiger partial charge in [0.1, 0.15) is 0 Å². The molecule has 3 heteroatoms. The predicted molar refractivity (Wildman–Crippen MR) is 89.5 cm³/mol. The average molecular weight is 276 g/mol. The fraction of sp³-hybridized carbons (Fsp3) is 0.438. The SMILES string of the molecule is C=C(c1ccccc1N=CC)N(C)CCCCSC. The third kappa shape index (κ3) is 5.11. The Hall–Kier alpha value is -1.22. The summed E-state index contributed by atoms with van der Waals surface area (Å²) in [6.45, 7) is 7.19. The van der Waals surface area contributed by atoms with Gasteiger partial charge >= 0.3 is 0 Å². The molecule has 0 unspecified atom stereocenters. The van der Waals surface area contributed by atoms with Gasteiger partial charge in [-0.05, 0) is 37.8 Å². The number of hydrogen-bond acceptors (Lipinski definition) is 3. The van der Waals surface area contributed by atoms with E-state index in [1.165, 1.54) is 18.6 Å². The van der Waals surface area contributed by atoms with E-state index in [2.05, 4.69) is 35.8 Å². The maximum Gasteiger partial charge on any atom is 0.0718 e. The van der Waals surface area contributed by atoms with Crippen molar-refractivity contribution in [1.29, 1.82) is 0 Å². The third-order valence-electron chi connectivity index (χ3n) is 3.04. The number of unbranched alkanes of at least 4 members (excludes halogenated alkanes) is 1. The lowest BCUT2D eigenvalue weighted by molar-refractivity contribution is 0.465. The summed E-state index contributed by atoms with van der Waals surface area (Å²) in [7, 11) is 2.11. The maximum absolute atomic E-state index is 4.40. The van der Waals surface area contributed by atoms with Crippen LogP contribution in [0.15, 0.2) is 35.8 Å². The summed E-state index contributed by atoms with van der Waals surface area (Å²) in [6, 6.07) is 8.17. The molecule has 0 bridgehead atoms. The number of aliphatic imine (C=N–C) groups is 1. The Morgan fingerprint density at radius 3 is 2.79 bits per heavy atom. The first-order chi connectivity index (χ1) is 9.20. The van der Waals surface area contributed by atoms with Gasteiger partial charge in [-0.1, -0.05) is 24.8 Å². The largest absolute Gasteiger partial charge is 0.375 e. The van der Waals surface area contributed by atoms with E-state index >= 15 is 0 Å². The Labute approximate surface area is 121 Å². The normalized spacial score (nSPS) is 10.9. The van der Waals surface area contributed by atoms with Gasteiger partial charge in [0.25, 0.3) is 0 Å². The summed E-state index contributed by atoms with van der Waals surface area (Å²) in [4.78, 5) is 6.63. The maximum atomic E-state index is 4.40. The zero-order chi connectivity index (χ0) is 14.1. The van der Waals surface area contributed by atoms with Crippen LogP contribution in [0.3, 0.4) is 0 Å². The molecule has 0 saturated heterocycles. The first-order valence-electron chi connectivity index (χ1n) is 6.67. The molecule has 0 fully saturated rings. The van der Waals surface area contributed by atoms with Crippen LogP contribution < -0.4 is 0 Å². The topological polar surface area (TPSA) is 15.6 Å². The zero-order valence-corrected chi connectivity index (χ0v) is 13.0. The second-order valence-corrected chi connectivity index (χ2v) is 5.46. The average Bonchev–Trinajstić information content (AvgIpc) is 2.43. The highest BCUT2D eigenvalue weighted by molar-refractivity contribution is 7.98. The first kappa shape index (κ1) is 15.8. The van der Waals surface area contributed by atoms with Crippen LogP contribution in [-0.4, -0.2) is 36.7 Å². The van der Waals surface area contributed by atoms with E-state index in [4.69, 9.17) is 0 Å². The molecule has 0 N–H and O–H groups in total. The number of para-hydroxylation sites is 1. The molecule has 19 heavy (non-hydrogen) atoms. The number of hydrogen-bond donors (Lipinski definition) is 0. The van der Waals surface area contributed by atoms with Gasteiger partial charge in [-0.2, -0.15) is 11.8 Å². The van der Waals surface area contributed by atoms with Crippen molar-refractivity contribution in [3.63, 3.8) is 0 Å². The van der Waals surface area contributed by atoms with E-state index in [0.29, 0.717) is 0 Å². The highest BCUT2D eigenvalue weighted by Crippen LogP contribution is 2.26. The summed E-state index contributed by atoms with van der Waals surface area (Å²) >= 11 is 1.91. The van der Waals surface area contributed by atoms with Gasteiger partial charge in [0, 0.05) is 31.1 Å². The summed E-state index contributed by atoms with van der Waals surface area (Å²) in [5.74, 6) is 1.23. The van der Waals surface area contributed by atoms with Crippen molar-refractivity contribution in [3.05, 3.63) is 36.4 Å². The second-order valence-electron chi connectivity index (χ2n) is 4.47. The molecule has 0 aromatic heterocycles. The lowest BCUT2D eigenvalue weighted by Gasteiger charge is -2.22. The van der Waals surface area contributed by atoms with Crippen molar-refractivity contribution in [1.82, 2.24) is 4.90 Å². The lowest BCUT2D eigenvalue weighted by Crippen LogP contribution is -2.17. The van der Waals surface area contributed by atoms with Crippen molar-refractivity contribution in [2.45, 2.75) is 19.8 Å². The Bertz CT molecular complexity index is 427. The molecule has 0 amide bonds. The third-order valence-corrected chi connectivity index (χ3v) is 3.73. The second kappa shape index (κ2) is 8.81. The molecule has 0 atom stereocenters. The van der Waals surface area contributed by atoms with E-state index in [1.54, 1.807) is 0 Å². The Balaban J connectivity index is 2.66. The number of nitrogens with zero attached hydrogens (tertiary/aromatic N) is 2. The van der Waals surface area contributed by atoms with Gasteiger partial charge in [-0.25, -0.2) is 0 Å². The highest BCUT2D eigenvalue weighted by Gasteiger charge is 2.08. The highest BCUT2D eigenvalue weighted by atomic mass is 32.2. The van der Waals surface area contributed by atoms with Crippen LogP contribution in [0.5, 0.6) is 0 Å². The van der Waals surface area contributed by atoms with Gasteiger partial charge in [-0.3, -0.25) is 4.99 Å². The van der Waals surface area contributed by atoms with Crippen molar-refractivity contribution in [2.24, 2.45) is 4.99 Å². The van der Waals surface area contributed by atoms with Crippen LogP contribution >= 0.6 is 11.8 Å².